The number of aliphatic hydroxyl groups is 4. The second-order valence-corrected chi connectivity index (χ2v) is 33.5. The van der Waals surface area contributed by atoms with E-state index in [0.717, 1.165) is 96.4 Å². The van der Waals surface area contributed by atoms with E-state index in [1.54, 1.807) is 0 Å². The topological polar surface area (TPSA) is 147 Å². The van der Waals surface area contributed by atoms with Crippen molar-refractivity contribution in [2.75, 3.05) is 6.54 Å². The number of carboxylic acids is 1. The van der Waals surface area contributed by atoms with Gasteiger partial charge in [-0.05, 0) is 70.6 Å². The molecule has 0 aliphatic rings. The number of carbonyl (C=O) groups excluding carboxylic acids is 1. The molecule has 0 unspecified atom stereocenters. The first-order valence-electron chi connectivity index (χ1n) is 48.7. The smallest absolute Gasteiger partial charge is 0.303 e. The van der Waals surface area contributed by atoms with Crippen LogP contribution in [0, 0.1) is 0 Å². The predicted molar refractivity (Wildman–Crippen MR) is 468 cm³/mol. The van der Waals surface area contributed by atoms with Crippen molar-refractivity contribution in [2.24, 2.45) is 0 Å². The monoisotopic (exact) mass is 1560 g/mol. The second-order valence-electron chi connectivity index (χ2n) is 33.5. The fourth-order valence-corrected chi connectivity index (χ4v) is 14.9. The van der Waals surface area contributed by atoms with Crippen LogP contribution in [0.25, 0.3) is 0 Å². The average molecular weight is 1560 g/mol. The van der Waals surface area contributed by atoms with Gasteiger partial charge in [0.1, 0.15) is 0 Å². The molecule has 6 N–H and O–H groups in total. The number of hydrogen-bond donors (Lipinski definition) is 6. The number of unbranched alkanes of at least 4 members (excludes halogenated alkanes) is 64. The Kier molecular flexibility index (Phi) is 120. The predicted octanol–water partition coefficient (Wildman–Crippen LogP) is 26.1. The van der Waals surface area contributed by atoms with Gasteiger partial charge >= 0.3 is 5.97 Å². The fourth-order valence-electron chi connectivity index (χ4n) is 14.9. The van der Waals surface area contributed by atoms with Crippen molar-refractivity contribution in [3.63, 3.8) is 0 Å². The van der Waals surface area contributed by atoms with Crippen molar-refractivity contribution in [3.05, 3.63) is 0 Å². The van der Waals surface area contributed by atoms with Crippen molar-refractivity contribution in [1.29, 1.82) is 0 Å². The summed E-state index contributed by atoms with van der Waals surface area (Å²) in [7, 11) is 0. The molecule has 0 aliphatic heterocycles. The third-order valence-corrected chi connectivity index (χ3v) is 22.3. The van der Waals surface area contributed by atoms with E-state index in [2.05, 4.69) is 53.8 Å². The zero-order valence-corrected chi connectivity index (χ0v) is 75.5. The Balaban J connectivity index is -0.000000325. The minimum atomic E-state index is -0.678. The lowest BCUT2D eigenvalue weighted by Crippen LogP contribution is -3.00. The number of hydrogen-bond acceptors (Lipinski definition) is 6. The first kappa shape index (κ1) is 117. The summed E-state index contributed by atoms with van der Waals surface area (Å²) >= 11 is 0. The maximum Gasteiger partial charge on any atom is 0.303 e. The molecular formula is C97H199Cl2NO7-2. The van der Waals surface area contributed by atoms with E-state index in [1.165, 1.54) is 430 Å². The van der Waals surface area contributed by atoms with Gasteiger partial charge in [0, 0.05) is 19.4 Å². The molecule has 1 amide bonds. The molecule has 650 valence electrons. The molecule has 4 atom stereocenters. The Bertz CT molecular complexity index is 1530. The van der Waals surface area contributed by atoms with Crippen LogP contribution >= 0.6 is 0 Å². The number of amides is 1. The Labute approximate surface area is 685 Å². The number of carbonyl (C=O) groups is 2. The van der Waals surface area contributed by atoms with Crippen LogP contribution in [0.4, 0.5) is 0 Å². The number of carboxylic acid groups (broad SMARTS) is 1. The van der Waals surface area contributed by atoms with Crippen LogP contribution in [0.5, 0.6) is 0 Å². The van der Waals surface area contributed by atoms with Crippen LogP contribution in [-0.4, -0.2) is 68.4 Å². The molecule has 8 nitrogen and oxygen atoms in total. The van der Waals surface area contributed by atoms with Crippen molar-refractivity contribution in [2.45, 2.75) is 606 Å². The summed E-state index contributed by atoms with van der Waals surface area (Å²) in [5.41, 5.74) is 0. The summed E-state index contributed by atoms with van der Waals surface area (Å²) in [6.07, 6.45) is 106. The van der Waals surface area contributed by atoms with Gasteiger partial charge in [0.15, 0.2) is 0 Å². The number of rotatable bonds is 86. The minimum Gasteiger partial charge on any atom is -1.00 e. The van der Waals surface area contributed by atoms with E-state index in [9.17, 15) is 30.0 Å². The zero-order valence-electron chi connectivity index (χ0n) is 74.0. The normalized spacial score (nSPS) is 12.2. The molecule has 0 rings (SSSR count). The summed E-state index contributed by atoms with van der Waals surface area (Å²) in [5, 5.41) is 51.2. The van der Waals surface area contributed by atoms with Crippen LogP contribution in [-0.2, 0) is 9.59 Å². The lowest BCUT2D eigenvalue weighted by atomic mass is 10.0. The maximum atomic E-state index is 11.4. The molecule has 0 aliphatic carbocycles. The highest BCUT2D eigenvalue weighted by atomic mass is 35.5. The van der Waals surface area contributed by atoms with Crippen molar-refractivity contribution in [1.82, 2.24) is 5.32 Å². The largest absolute Gasteiger partial charge is 1.00 e. The molecule has 0 aromatic heterocycles. The molecule has 0 saturated heterocycles. The van der Waals surface area contributed by atoms with Crippen LogP contribution in [0.2, 0.25) is 0 Å². The quantitative estimate of drug-likeness (QED) is 0.0332. The lowest BCUT2D eigenvalue weighted by Gasteiger charge is -2.10. The summed E-state index contributed by atoms with van der Waals surface area (Å²) in [5.74, 6) is -0.464. The SMILES string of the molecule is CCCCCCCCCCCCCCCCCCCCCCCCCCCCC[C@H](O)CCCCCC.CCCCCCCCCCCCCCC[C@H](O)CCCCCC.CCCCCC[C@@H](O)CCCCCCCCCCC(=O)NCCC.CCCCCC[C@@H](O)CCCCCCCCCCC(=O)O.[Cl-].[Cl-]. The van der Waals surface area contributed by atoms with Gasteiger partial charge in [-0.2, -0.15) is 0 Å². The average Bonchev–Trinajstić information content (AvgIpc) is 2.13. The van der Waals surface area contributed by atoms with Gasteiger partial charge < -0.3 is 55.7 Å². The van der Waals surface area contributed by atoms with Gasteiger partial charge in [-0.1, -0.05) is 498 Å². The van der Waals surface area contributed by atoms with Crippen LogP contribution in [0.3, 0.4) is 0 Å². The van der Waals surface area contributed by atoms with Crippen LogP contribution in [0.1, 0.15) is 581 Å². The van der Waals surface area contributed by atoms with Gasteiger partial charge in [-0.25, -0.2) is 0 Å². The molecule has 107 heavy (non-hydrogen) atoms. The Morgan fingerprint density at radius 3 is 0.477 bits per heavy atom. The van der Waals surface area contributed by atoms with Crippen LogP contribution < -0.4 is 30.1 Å². The summed E-state index contributed by atoms with van der Waals surface area (Å²) in [6.45, 7) is 16.4. The van der Waals surface area contributed by atoms with Gasteiger partial charge in [0.05, 0.1) is 24.4 Å². The van der Waals surface area contributed by atoms with Gasteiger partial charge in [-0.3, -0.25) is 9.59 Å². The Hall–Kier alpha value is -0.640. The van der Waals surface area contributed by atoms with E-state index in [0.29, 0.717) is 12.8 Å². The van der Waals surface area contributed by atoms with Crippen molar-refractivity contribution < 1.29 is 59.9 Å². The summed E-state index contributed by atoms with van der Waals surface area (Å²) < 4.78 is 0. The fraction of sp³-hybridized carbons (Fsp3) is 0.979. The minimum absolute atomic E-state index is 0. The van der Waals surface area contributed by atoms with Crippen molar-refractivity contribution >= 4 is 11.9 Å². The van der Waals surface area contributed by atoms with Gasteiger partial charge in [0.2, 0.25) is 5.91 Å². The molecule has 0 bridgehead atoms. The molecule has 0 saturated carbocycles. The third-order valence-electron chi connectivity index (χ3n) is 22.3. The zero-order chi connectivity index (χ0) is 77.6. The lowest BCUT2D eigenvalue weighted by molar-refractivity contribution is -0.137. The molecule has 0 aromatic carbocycles. The van der Waals surface area contributed by atoms with Crippen molar-refractivity contribution in [3.8, 4) is 0 Å². The van der Waals surface area contributed by atoms with E-state index in [-0.39, 0.29) is 55.1 Å². The Morgan fingerprint density at radius 2 is 0.327 bits per heavy atom. The molecular weight excluding hydrogens is 1360 g/mol. The number of aliphatic hydroxyl groups excluding tert-OH is 4. The second kappa shape index (κ2) is 110. The first-order chi connectivity index (χ1) is 51.5. The number of nitrogens with one attached hydrogen (secondary N) is 1. The standard InChI is InChI=1S/C36H74O.C22H46O.C21H43NO2.C18H36O3.2ClH/c1-3-5-7-9-10-11-12-13-14-15-16-17-18-19-20-21-22-23-24-25-26-27-28-29-30-31-33-35-36(37)34-32-8-6-4-2;1-3-5-7-9-10-11-12-13-14-15-16-17-19-21-22(23)20-18-8-6-4-2;1-3-5-6-13-16-20(23)17-14-11-9-7-8-10-12-15-18-21(24)22-19-4-2;1-2-3-4-11-14-17(19)15-12-9-7-5-6-8-10-13-16-18(20)21;;/h36-37H,3-35H2,1-2H3;22-23H,3-21H2,1-2H3;20,23H,3-19H2,1-2H3,(H,22,24);17,19H,2-16H2,1H3,(H,20,21);2*1H/p-2/t36-;22-;20-;17-;;/m1111../s1. The molecule has 0 aromatic rings. The van der Waals surface area contributed by atoms with Gasteiger partial charge in [0.25, 0.3) is 0 Å². The number of aliphatic carboxylic acids is 1. The molecule has 0 spiro atoms. The third kappa shape index (κ3) is 119. The molecule has 10 heteroatoms. The molecule has 0 fully saturated rings. The summed E-state index contributed by atoms with van der Waals surface area (Å²) in [4.78, 5) is 21.8. The van der Waals surface area contributed by atoms with E-state index in [1.807, 2.05) is 0 Å². The van der Waals surface area contributed by atoms with E-state index >= 15 is 0 Å². The Morgan fingerprint density at radius 1 is 0.196 bits per heavy atom. The summed E-state index contributed by atoms with van der Waals surface area (Å²) in [6, 6.07) is 0. The first-order valence-corrected chi connectivity index (χ1v) is 48.7. The molecule has 0 heterocycles. The van der Waals surface area contributed by atoms with Crippen LogP contribution in [0.15, 0.2) is 0 Å². The maximum absolute atomic E-state index is 11.4. The molecule has 0 radical (unpaired) electrons. The van der Waals surface area contributed by atoms with E-state index in [4.69, 9.17) is 5.11 Å². The van der Waals surface area contributed by atoms with Gasteiger partial charge in [-0.15, -0.1) is 0 Å². The highest BCUT2D eigenvalue weighted by molar-refractivity contribution is 5.75. The highest BCUT2D eigenvalue weighted by Crippen LogP contribution is 2.22. The highest BCUT2D eigenvalue weighted by Gasteiger charge is 2.09. The number of halogens is 2. The van der Waals surface area contributed by atoms with E-state index < -0.39 is 5.97 Å².